The quantitative estimate of drug-likeness (QED) is 0.568. The van der Waals surface area contributed by atoms with Gasteiger partial charge in [-0.3, -0.25) is 0 Å². The second kappa shape index (κ2) is 11.5. The fraction of sp³-hybridized carbons (Fsp3) is 0.720. The molecule has 1 aliphatic carbocycles. The zero-order valence-corrected chi connectivity index (χ0v) is 22.2. The van der Waals surface area contributed by atoms with E-state index in [1.54, 1.807) is 12.1 Å². The van der Waals surface area contributed by atoms with Gasteiger partial charge < -0.3 is 14.5 Å². The topological polar surface area (TPSA) is 82.2 Å². The molecule has 2 aliphatic heterocycles. The molecule has 3 fully saturated rings. The molecule has 1 aromatic rings. The Morgan fingerprint density at radius 3 is 2.49 bits per heavy atom. The minimum atomic E-state index is -3.70. The molecule has 0 aromatic heterocycles. The van der Waals surface area contributed by atoms with Gasteiger partial charge in [0.1, 0.15) is 5.82 Å². The van der Waals surface area contributed by atoms with E-state index >= 15 is 0 Å². The number of nitrogens with one attached hydrogen (secondary N) is 1. The summed E-state index contributed by atoms with van der Waals surface area (Å²) in [5.74, 6) is -3.16. The molecule has 0 spiro atoms. The molecule has 0 bridgehead atoms. The van der Waals surface area contributed by atoms with Gasteiger partial charge in [-0.05, 0) is 55.7 Å². The largest absolute Gasteiger partial charge is 0.378 e. The first-order valence-corrected chi connectivity index (χ1v) is 14.4. The molecule has 2 amide bonds. The molecule has 3 aliphatic rings. The van der Waals surface area contributed by atoms with Crippen LogP contribution >= 0.6 is 0 Å². The van der Waals surface area contributed by atoms with Crippen LogP contribution in [0, 0.1) is 11.7 Å². The Hall–Kier alpha value is -1.89. The van der Waals surface area contributed by atoms with E-state index < -0.39 is 34.7 Å². The predicted octanol–water partition coefficient (Wildman–Crippen LogP) is 3.42. The summed E-state index contributed by atoms with van der Waals surface area (Å²) in [6, 6.07) is 5.80. The average molecular weight is 547 g/mol. The van der Waals surface area contributed by atoms with Crippen molar-refractivity contribution in [3.63, 3.8) is 0 Å². The summed E-state index contributed by atoms with van der Waals surface area (Å²) in [5.41, 5.74) is 0.991. The van der Waals surface area contributed by atoms with Gasteiger partial charge in [-0.25, -0.2) is 18.0 Å². The van der Waals surface area contributed by atoms with Crippen LogP contribution in [0.3, 0.4) is 0 Å². The van der Waals surface area contributed by atoms with Crippen LogP contribution in [0.5, 0.6) is 0 Å². The van der Waals surface area contributed by atoms with Crippen molar-refractivity contribution in [3.8, 4) is 0 Å². The second-order valence-electron chi connectivity index (χ2n) is 10.7. The zero-order chi connectivity index (χ0) is 26.8. The van der Waals surface area contributed by atoms with Gasteiger partial charge in [0, 0.05) is 52.1 Å². The Kier molecular flexibility index (Phi) is 8.72. The van der Waals surface area contributed by atoms with E-state index in [0.29, 0.717) is 6.42 Å². The van der Waals surface area contributed by atoms with Crippen molar-refractivity contribution in [2.75, 3.05) is 46.9 Å². The first-order valence-electron chi connectivity index (χ1n) is 12.9. The number of carbonyl (C=O) groups is 1. The number of ether oxygens (including phenoxy) is 1. The first kappa shape index (κ1) is 28.1. The van der Waals surface area contributed by atoms with Crippen molar-refractivity contribution in [3.05, 3.63) is 35.6 Å². The van der Waals surface area contributed by atoms with Crippen LogP contribution in [-0.4, -0.2) is 93.5 Å². The van der Waals surface area contributed by atoms with Crippen molar-refractivity contribution in [2.24, 2.45) is 5.92 Å². The fourth-order valence-electron chi connectivity index (χ4n) is 5.51. The molecule has 2 atom stereocenters. The standard InChI is InChI=1S/C25H37F3N4O4S/c1-30(2)37(34,35)29-23-10-12-31(24(33)32-13-11-25(27,28)17-32)15-20(23)16-36-22-8-6-18(7-9-22)19-4-3-5-21(26)14-19/h3-5,14,18,20,22-23,29H,6-13,15-17H2,1-2H3/t18-,20?,22+,23?. The van der Waals surface area contributed by atoms with E-state index in [-0.39, 0.29) is 56.4 Å². The van der Waals surface area contributed by atoms with E-state index in [4.69, 9.17) is 4.74 Å². The Balaban J connectivity index is 1.36. The molecule has 37 heavy (non-hydrogen) atoms. The fourth-order valence-corrected chi connectivity index (χ4v) is 6.41. The monoisotopic (exact) mass is 546 g/mol. The van der Waals surface area contributed by atoms with Gasteiger partial charge in [0.2, 0.25) is 0 Å². The third-order valence-electron chi connectivity index (χ3n) is 7.77. The van der Waals surface area contributed by atoms with Crippen LogP contribution < -0.4 is 4.72 Å². The van der Waals surface area contributed by atoms with Gasteiger partial charge in [0.15, 0.2) is 0 Å². The van der Waals surface area contributed by atoms with Crippen molar-refractivity contribution < 1.29 is 31.1 Å². The lowest BCUT2D eigenvalue weighted by Crippen LogP contribution is -2.57. The Bertz CT molecular complexity index is 1050. The van der Waals surface area contributed by atoms with E-state index in [0.717, 1.165) is 35.6 Å². The molecule has 208 valence electrons. The van der Waals surface area contributed by atoms with Crippen LogP contribution in [0.25, 0.3) is 0 Å². The van der Waals surface area contributed by atoms with Gasteiger partial charge in [0.05, 0.1) is 19.3 Å². The number of alkyl halides is 2. The summed E-state index contributed by atoms with van der Waals surface area (Å²) in [7, 11) is -0.817. The van der Waals surface area contributed by atoms with Gasteiger partial charge >= 0.3 is 6.03 Å². The summed E-state index contributed by atoms with van der Waals surface area (Å²) in [5, 5.41) is 0. The lowest BCUT2D eigenvalue weighted by atomic mass is 9.82. The van der Waals surface area contributed by atoms with Crippen molar-refractivity contribution in [1.29, 1.82) is 0 Å². The third-order valence-corrected chi connectivity index (χ3v) is 9.33. The maximum atomic E-state index is 13.7. The van der Waals surface area contributed by atoms with Crippen LogP contribution in [0.2, 0.25) is 0 Å². The second-order valence-corrected chi connectivity index (χ2v) is 12.6. The summed E-state index contributed by atoms with van der Waals surface area (Å²) in [6.45, 7) is 0.163. The third kappa shape index (κ3) is 7.15. The van der Waals surface area contributed by atoms with Crippen LogP contribution in [0.15, 0.2) is 24.3 Å². The lowest BCUT2D eigenvalue weighted by Gasteiger charge is -2.41. The lowest BCUT2D eigenvalue weighted by molar-refractivity contribution is -0.0154. The van der Waals surface area contributed by atoms with Crippen molar-refractivity contribution >= 4 is 16.2 Å². The highest BCUT2D eigenvalue weighted by molar-refractivity contribution is 7.87. The summed E-state index contributed by atoms with van der Waals surface area (Å²) in [6.07, 6.45) is 3.33. The normalized spacial score (nSPS) is 28.6. The smallest absolute Gasteiger partial charge is 0.320 e. The highest BCUT2D eigenvalue weighted by Crippen LogP contribution is 2.35. The molecule has 1 saturated carbocycles. The van der Waals surface area contributed by atoms with Crippen molar-refractivity contribution in [2.45, 2.75) is 62.5 Å². The number of urea groups is 1. The summed E-state index contributed by atoms with van der Waals surface area (Å²) >= 11 is 0. The molecule has 1 aromatic carbocycles. The number of rotatable bonds is 7. The molecular weight excluding hydrogens is 509 g/mol. The first-order chi connectivity index (χ1) is 17.4. The number of piperidine rings is 1. The number of amides is 2. The number of likely N-dealkylation sites (tertiary alicyclic amines) is 2. The molecule has 12 heteroatoms. The van der Waals surface area contributed by atoms with E-state index in [2.05, 4.69) is 4.72 Å². The number of carbonyl (C=O) groups excluding carboxylic acids is 1. The van der Waals surface area contributed by atoms with Crippen LogP contribution in [-0.2, 0) is 14.9 Å². The minimum Gasteiger partial charge on any atom is -0.378 e. The predicted molar refractivity (Wildman–Crippen MR) is 133 cm³/mol. The zero-order valence-electron chi connectivity index (χ0n) is 21.4. The maximum absolute atomic E-state index is 13.7. The number of nitrogens with zero attached hydrogens (tertiary/aromatic N) is 3. The number of halogens is 3. The Morgan fingerprint density at radius 1 is 1.14 bits per heavy atom. The van der Waals surface area contributed by atoms with Crippen molar-refractivity contribution in [1.82, 2.24) is 18.8 Å². The SMILES string of the molecule is CN(C)S(=O)(=O)NC1CCN(C(=O)N2CCC(F)(F)C2)CC1CO[C@H]1CC[C@@H](c2cccc(F)c2)CC1. The molecule has 0 radical (unpaired) electrons. The Labute approximate surface area is 217 Å². The highest BCUT2D eigenvalue weighted by atomic mass is 32.2. The van der Waals surface area contributed by atoms with Gasteiger partial charge in [0.25, 0.3) is 16.1 Å². The van der Waals surface area contributed by atoms with E-state index in [1.165, 1.54) is 30.0 Å². The number of benzene rings is 1. The molecule has 4 rings (SSSR count). The van der Waals surface area contributed by atoms with Crippen LogP contribution in [0.4, 0.5) is 18.0 Å². The molecule has 2 heterocycles. The van der Waals surface area contributed by atoms with Gasteiger partial charge in [-0.2, -0.15) is 17.4 Å². The van der Waals surface area contributed by atoms with Gasteiger partial charge in [-0.15, -0.1) is 0 Å². The molecule has 1 N–H and O–H groups in total. The number of hydrogen-bond acceptors (Lipinski definition) is 4. The highest BCUT2D eigenvalue weighted by Gasteiger charge is 2.43. The van der Waals surface area contributed by atoms with Crippen LogP contribution in [0.1, 0.15) is 50.0 Å². The molecular formula is C25H37F3N4O4S. The number of hydrogen-bond donors (Lipinski definition) is 1. The summed E-state index contributed by atoms with van der Waals surface area (Å²) in [4.78, 5) is 15.7. The van der Waals surface area contributed by atoms with E-state index in [1.807, 2.05) is 6.07 Å². The van der Waals surface area contributed by atoms with E-state index in [9.17, 15) is 26.4 Å². The average Bonchev–Trinajstić information content (AvgIpc) is 3.22. The molecule has 8 nitrogen and oxygen atoms in total. The molecule has 2 unspecified atom stereocenters. The maximum Gasteiger partial charge on any atom is 0.320 e. The van der Waals surface area contributed by atoms with Gasteiger partial charge in [-0.1, -0.05) is 12.1 Å². The molecule has 2 saturated heterocycles. The Morgan fingerprint density at radius 2 is 1.86 bits per heavy atom. The minimum absolute atomic E-state index is 0.00867. The summed E-state index contributed by atoms with van der Waals surface area (Å²) < 4.78 is 76.0.